The van der Waals surface area contributed by atoms with Crippen molar-refractivity contribution in [3.63, 3.8) is 0 Å². The molecule has 1 heterocycles. The lowest BCUT2D eigenvalue weighted by Crippen LogP contribution is -2.50. The number of benzene rings is 1. The van der Waals surface area contributed by atoms with Crippen LogP contribution in [0.4, 0.5) is 0 Å². The molecule has 7 heteroatoms. The fourth-order valence-electron chi connectivity index (χ4n) is 3.11. The van der Waals surface area contributed by atoms with Crippen LogP contribution in [0, 0.1) is 13.8 Å². The molecule has 1 fully saturated rings. The lowest BCUT2D eigenvalue weighted by molar-refractivity contribution is -0.132. The van der Waals surface area contributed by atoms with E-state index in [1.807, 2.05) is 6.92 Å². The van der Waals surface area contributed by atoms with Crippen molar-refractivity contribution in [3.8, 4) is 5.75 Å². The number of carbonyl (C=O) groups excluding carboxylic acids is 1. The van der Waals surface area contributed by atoms with E-state index in [-0.39, 0.29) is 5.91 Å². The fourth-order valence-corrected chi connectivity index (χ4v) is 4.95. The Labute approximate surface area is 144 Å². The Balaban J connectivity index is 2.20. The molecule has 0 unspecified atom stereocenters. The summed E-state index contributed by atoms with van der Waals surface area (Å²) in [5.74, 6) is 0.755. The number of nitrogens with zero attached hydrogens (tertiary/aromatic N) is 2. The molecule has 0 aliphatic carbocycles. The van der Waals surface area contributed by atoms with Crippen molar-refractivity contribution in [2.45, 2.75) is 38.5 Å². The third kappa shape index (κ3) is 3.72. The topological polar surface area (TPSA) is 66.9 Å². The average molecular weight is 354 g/mol. The number of methoxy groups -OCH3 is 1. The third-order valence-corrected chi connectivity index (χ3v) is 6.53. The maximum atomic E-state index is 13.0. The molecule has 1 aliphatic rings. The lowest BCUT2D eigenvalue weighted by atomic mass is 10.1. The van der Waals surface area contributed by atoms with Crippen LogP contribution in [-0.2, 0) is 14.8 Å². The van der Waals surface area contributed by atoms with Crippen LogP contribution in [0.2, 0.25) is 0 Å². The monoisotopic (exact) mass is 354 g/mol. The minimum absolute atomic E-state index is 0.103. The van der Waals surface area contributed by atoms with Gasteiger partial charge in [-0.2, -0.15) is 4.31 Å². The number of piperazine rings is 1. The summed E-state index contributed by atoms with van der Waals surface area (Å²) in [6.07, 6.45) is 1.32. The molecule has 2 rings (SSSR count). The Bertz CT molecular complexity index is 684. The normalized spacial score (nSPS) is 16.2. The molecule has 0 spiro atoms. The van der Waals surface area contributed by atoms with Crippen molar-refractivity contribution in [2.75, 3.05) is 33.3 Å². The van der Waals surface area contributed by atoms with E-state index in [0.717, 1.165) is 6.42 Å². The Morgan fingerprint density at radius 1 is 1.12 bits per heavy atom. The van der Waals surface area contributed by atoms with Gasteiger partial charge in [0.05, 0.1) is 12.0 Å². The molecule has 1 saturated heterocycles. The second kappa shape index (κ2) is 7.53. The molecule has 0 atom stereocenters. The molecular weight excluding hydrogens is 328 g/mol. The van der Waals surface area contributed by atoms with E-state index in [0.29, 0.717) is 54.4 Å². The molecule has 0 N–H and O–H groups in total. The van der Waals surface area contributed by atoms with Gasteiger partial charge in [0.15, 0.2) is 0 Å². The molecule has 1 amide bonds. The highest BCUT2D eigenvalue weighted by molar-refractivity contribution is 7.89. The molecule has 6 nitrogen and oxygen atoms in total. The van der Waals surface area contributed by atoms with E-state index in [9.17, 15) is 13.2 Å². The molecule has 0 saturated carbocycles. The van der Waals surface area contributed by atoms with Crippen molar-refractivity contribution in [3.05, 3.63) is 23.3 Å². The predicted octanol–water partition coefficient (Wildman–Crippen LogP) is 1.95. The van der Waals surface area contributed by atoms with Crippen LogP contribution in [0.25, 0.3) is 0 Å². The first kappa shape index (κ1) is 18.7. The highest BCUT2D eigenvalue weighted by Crippen LogP contribution is 2.28. The van der Waals surface area contributed by atoms with Gasteiger partial charge in [-0.25, -0.2) is 8.42 Å². The molecule has 1 aromatic rings. The maximum Gasteiger partial charge on any atom is 0.243 e. The molecular formula is C17H26N2O4S. The number of amides is 1. The zero-order valence-electron chi connectivity index (χ0n) is 14.8. The SMILES string of the molecule is CCCC(=O)N1CCN(S(=O)(=O)c2c(C)cc(OC)cc2C)CC1. The van der Waals surface area contributed by atoms with Gasteiger partial charge >= 0.3 is 0 Å². The Hall–Kier alpha value is -1.60. The first-order valence-electron chi connectivity index (χ1n) is 8.24. The van der Waals surface area contributed by atoms with Gasteiger partial charge in [0.1, 0.15) is 5.75 Å². The molecule has 0 bridgehead atoms. The van der Waals surface area contributed by atoms with Gasteiger partial charge in [-0.05, 0) is 43.5 Å². The summed E-state index contributed by atoms with van der Waals surface area (Å²) in [5.41, 5.74) is 1.35. The van der Waals surface area contributed by atoms with Crippen LogP contribution >= 0.6 is 0 Å². The molecule has 0 aromatic heterocycles. The first-order valence-corrected chi connectivity index (χ1v) is 9.68. The van der Waals surface area contributed by atoms with E-state index in [1.54, 1.807) is 38.0 Å². The first-order chi connectivity index (χ1) is 11.3. The zero-order chi connectivity index (χ0) is 17.9. The van der Waals surface area contributed by atoms with Crippen molar-refractivity contribution < 1.29 is 17.9 Å². The summed E-state index contributed by atoms with van der Waals surface area (Å²) in [7, 11) is -2.01. The van der Waals surface area contributed by atoms with E-state index in [2.05, 4.69) is 0 Å². The number of ether oxygens (including phenoxy) is 1. The van der Waals surface area contributed by atoms with Crippen LogP contribution in [0.15, 0.2) is 17.0 Å². The number of aryl methyl sites for hydroxylation is 2. The quantitative estimate of drug-likeness (QED) is 0.810. The molecule has 1 aliphatic heterocycles. The largest absolute Gasteiger partial charge is 0.497 e. The minimum Gasteiger partial charge on any atom is -0.497 e. The molecule has 1 aromatic carbocycles. The van der Waals surface area contributed by atoms with Gasteiger partial charge < -0.3 is 9.64 Å². The molecule has 24 heavy (non-hydrogen) atoms. The van der Waals surface area contributed by atoms with Gasteiger partial charge in [0.25, 0.3) is 0 Å². The van der Waals surface area contributed by atoms with Gasteiger partial charge in [-0.1, -0.05) is 6.92 Å². The third-order valence-electron chi connectivity index (χ3n) is 4.32. The Morgan fingerprint density at radius 3 is 2.12 bits per heavy atom. The van der Waals surface area contributed by atoms with Gasteiger partial charge in [-0.15, -0.1) is 0 Å². The zero-order valence-corrected chi connectivity index (χ0v) is 15.6. The van der Waals surface area contributed by atoms with Crippen molar-refractivity contribution in [1.29, 1.82) is 0 Å². The number of hydrogen-bond acceptors (Lipinski definition) is 4. The summed E-state index contributed by atoms with van der Waals surface area (Å²) in [6, 6.07) is 3.47. The summed E-state index contributed by atoms with van der Waals surface area (Å²) < 4.78 is 32.7. The summed E-state index contributed by atoms with van der Waals surface area (Å²) in [4.78, 5) is 14.0. The van der Waals surface area contributed by atoms with E-state index >= 15 is 0 Å². The standard InChI is InChI=1S/C17H26N2O4S/c1-5-6-16(20)18-7-9-19(10-8-18)24(21,22)17-13(2)11-15(23-4)12-14(17)3/h11-12H,5-10H2,1-4H3. The van der Waals surface area contributed by atoms with Crippen LogP contribution in [-0.4, -0.2) is 56.8 Å². The highest BCUT2D eigenvalue weighted by atomic mass is 32.2. The van der Waals surface area contributed by atoms with E-state index in [1.165, 1.54) is 4.31 Å². The molecule has 134 valence electrons. The second-order valence-electron chi connectivity index (χ2n) is 6.13. The Morgan fingerprint density at radius 2 is 1.67 bits per heavy atom. The van der Waals surface area contributed by atoms with Crippen molar-refractivity contribution in [2.24, 2.45) is 0 Å². The molecule has 0 radical (unpaired) electrons. The number of hydrogen-bond donors (Lipinski definition) is 0. The predicted molar refractivity (Wildman–Crippen MR) is 92.7 cm³/mol. The van der Waals surface area contributed by atoms with Crippen molar-refractivity contribution >= 4 is 15.9 Å². The highest BCUT2D eigenvalue weighted by Gasteiger charge is 2.32. The van der Waals surface area contributed by atoms with E-state index < -0.39 is 10.0 Å². The fraction of sp³-hybridized carbons (Fsp3) is 0.588. The maximum absolute atomic E-state index is 13.0. The Kier molecular flexibility index (Phi) is 5.87. The number of carbonyl (C=O) groups is 1. The lowest BCUT2D eigenvalue weighted by Gasteiger charge is -2.34. The van der Waals surface area contributed by atoms with Crippen LogP contribution in [0.1, 0.15) is 30.9 Å². The van der Waals surface area contributed by atoms with Gasteiger partial charge in [-0.3, -0.25) is 4.79 Å². The van der Waals surface area contributed by atoms with Crippen LogP contribution < -0.4 is 4.74 Å². The summed E-state index contributed by atoms with van der Waals surface area (Å²) in [5, 5.41) is 0. The summed E-state index contributed by atoms with van der Waals surface area (Å²) >= 11 is 0. The number of rotatable bonds is 5. The average Bonchev–Trinajstić information content (AvgIpc) is 2.54. The van der Waals surface area contributed by atoms with Gasteiger partial charge in [0.2, 0.25) is 15.9 Å². The number of sulfonamides is 1. The van der Waals surface area contributed by atoms with E-state index in [4.69, 9.17) is 4.74 Å². The van der Waals surface area contributed by atoms with Crippen LogP contribution in [0.3, 0.4) is 0 Å². The minimum atomic E-state index is -3.57. The van der Waals surface area contributed by atoms with Crippen LogP contribution in [0.5, 0.6) is 5.75 Å². The van der Waals surface area contributed by atoms with Crippen molar-refractivity contribution in [1.82, 2.24) is 9.21 Å². The second-order valence-corrected chi connectivity index (χ2v) is 8.00. The smallest absolute Gasteiger partial charge is 0.243 e. The summed E-state index contributed by atoms with van der Waals surface area (Å²) in [6.45, 7) is 7.10. The van der Waals surface area contributed by atoms with Gasteiger partial charge in [0, 0.05) is 32.6 Å².